The summed E-state index contributed by atoms with van der Waals surface area (Å²) < 4.78 is 13.3. The molecule has 0 bridgehead atoms. The Morgan fingerprint density at radius 1 is 1.20 bits per heavy atom. The molecule has 0 aliphatic carbocycles. The van der Waals surface area contributed by atoms with Crippen LogP contribution in [0.15, 0.2) is 54.6 Å². The molecule has 3 rings (SSSR count). The normalized spacial score (nSPS) is 11.2. The number of halogens is 1. The molecule has 25 heavy (non-hydrogen) atoms. The van der Waals surface area contributed by atoms with Gasteiger partial charge in [0, 0.05) is 11.1 Å². The van der Waals surface area contributed by atoms with Gasteiger partial charge in [0.15, 0.2) is 5.78 Å². The Morgan fingerprint density at radius 2 is 1.96 bits per heavy atom. The highest BCUT2D eigenvalue weighted by Crippen LogP contribution is 2.19. The third-order valence-electron chi connectivity index (χ3n) is 3.89. The average molecular weight is 336 g/mol. The number of H-pyrrole nitrogens is 1. The summed E-state index contributed by atoms with van der Waals surface area (Å²) in [5, 5.41) is 16.1. The predicted molar refractivity (Wildman–Crippen MR) is 94.4 cm³/mol. The third-order valence-corrected chi connectivity index (χ3v) is 3.89. The Kier molecular flexibility index (Phi) is 4.86. The molecule has 1 aromatic heterocycles. The summed E-state index contributed by atoms with van der Waals surface area (Å²) >= 11 is 0. The Morgan fingerprint density at radius 3 is 2.64 bits per heavy atom. The molecule has 126 valence electrons. The summed E-state index contributed by atoms with van der Waals surface area (Å²) in [5.74, 6) is -0.530. The summed E-state index contributed by atoms with van der Waals surface area (Å²) in [4.78, 5) is 12.2. The largest absolute Gasteiger partial charge is 0.392 e. The van der Waals surface area contributed by atoms with Crippen molar-refractivity contribution in [3.05, 3.63) is 82.8 Å². The molecule has 0 spiro atoms. The lowest BCUT2D eigenvalue weighted by Crippen LogP contribution is -1.96. The molecule has 0 amide bonds. The van der Waals surface area contributed by atoms with Crippen LogP contribution in [-0.4, -0.2) is 21.1 Å². The number of hydrogen-bond acceptors (Lipinski definition) is 3. The minimum absolute atomic E-state index is 0.000194. The van der Waals surface area contributed by atoms with Gasteiger partial charge < -0.3 is 5.11 Å². The monoisotopic (exact) mass is 336 g/mol. The summed E-state index contributed by atoms with van der Waals surface area (Å²) in [6, 6.07) is 13.5. The number of aromatic amines is 1. The fraction of sp³-hybridized carbons (Fsp3) is 0.100. The highest BCUT2D eigenvalue weighted by molar-refractivity contribution is 6.06. The van der Waals surface area contributed by atoms with E-state index >= 15 is 0 Å². The van der Waals surface area contributed by atoms with Gasteiger partial charge in [0.25, 0.3) is 0 Å². The molecule has 0 aliphatic heterocycles. The molecule has 3 aromatic rings. The number of benzene rings is 2. The van der Waals surface area contributed by atoms with E-state index in [1.807, 2.05) is 30.3 Å². The van der Waals surface area contributed by atoms with Crippen molar-refractivity contribution in [1.29, 1.82) is 0 Å². The van der Waals surface area contributed by atoms with Crippen LogP contribution >= 0.6 is 0 Å². The SMILES string of the molecule is Cc1cc(C(=O)/C=C/c2cc(-c3ccc(CO)cc3)n[nH]2)ccc1F. The van der Waals surface area contributed by atoms with Crippen LogP contribution < -0.4 is 0 Å². The molecule has 1 heterocycles. The van der Waals surface area contributed by atoms with Gasteiger partial charge in [-0.3, -0.25) is 9.89 Å². The van der Waals surface area contributed by atoms with E-state index in [0.717, 1.165) is 16.8 Å². The second kappa shape index (κ2) is 7.23. The van der Waals surface area contributed by atoms with Crippen molar-refractivity contribution >= 4 is 11.9 Å². The zero-order valence-electron chi connectivity index (χ0n) is 13.7. The number of ketones is 1. The fourth-order valence-corrected chi connectivity index (χ4v) is 2.41. The highest BCUT2D eigenvalue weighted by atomic mass is 19.1. The third kappa shape index (κ3) is 3.89. The lowest BCUT2D eigenvalue weighted by Gasteiger charge is -1.99. The zero-order valence-corrected chi connectivity index (χ0v) is 13.7. The summed E-state index contributed by atoms with van der Waals surface area (Å²) in [6.45, 7) is 1.62. The number of aryl methyl sites for hydroxylation is 1. The number of nitrogens with one attached hydrogen (secondary N) is 1. The maximum Gasteiger partial charge on any atom is 0.185 e. The van der Waals surface area contributed by atoms with Crippen molar-refractivity contribution < 1.29 is 14.3 Å². The smallest absolute Gasteiger partial charge is 0.185 e. The maximum absolute atomic E-state index is 13.3. The molecule has 2 N–H and O–H groups in total. The molecule has 5 heteroatoms. The Balaban J connectivity index is 1.74. The van der Waals surface area contributed by atoms with Gasteiger partial charge in [0.1, 0.15) is 5.82 Å². The van der Waals surface area contributed by atoms with E-state index in [4.69, 9.17) is 5.11 Å². The van der Waals surface area contributed by atoms with Crippen molar-refractivity contribution in [3.8, 4) is 11.3 Å². The predicted octanol–water partition coefficient (Wildman–Crippen LogP) is 3.91. The van der Waals surface area contributed by atoms with Gasteiger partial charge >= 0.3 is 0 Å². The first-order valence-electron chi connectivity index (χ1n) is 7.81. The minimum atomic E-state index is -0.328. The molecule has 0 unspecified atom stereocenters. The molecule has 0 aliphatic rings. The van der Waals surface area contributed by atoms with Crippen molar-refractivity contribution in [2.24, 2.45) is 0 Å². The van der Waals surface area contributed by atoms with E-state index in [0.29, 0.717) is 16.8 Å². The van der Waals surface area contributed by atoms with Gasteiger partial charge in [-0.25, -0.2) is 4.39 Å². The van der Waals surface area contributed by atoms with Gasteiger partial charge in [-0.1, -0.05) is 24.3 Å². The first kappa shape index (κ1) is 16.8. The van der Waals surface area contributed by atoms with Gasteiger partial charge in [0.2, 0.25) is 0 Å². The topological polar surface area (TPSA) is 66.0 Å². The minimum Gasteiger partial charge on any atom is -0.392 e. The Labute approximate surface area is 144 Å². The number of allylic oxidation sites excluding steroid dienone is 1. The lowest BCUT2D eigenvalue weighted by atomic mass is 10.1. The molecular formula is C20H17FN2O2. The number of rotatable bonds is 5. The van der Waals surface area contributed by atoms with E-state index in [1.165, 1.54) is 24.3 Å². The van der Waals surface area contributed by atoms with Crippen LogP contribution in [0.4, 0.5) is 4.39 Å². The summed E-state index contributed by atoms with van der Waals surface area (Å²) in [7, 11) is 0. The first-order valence-corrected chi connectivity index (χ1v) is 7.81. The van der Waals surface area contributed by atoms with Crippen LogP contribution in [0.25, 0.3) is 17.3 Å². The average Bonchev–Trinajstić information content (AvgIpc) is 3.11. The fourth-order valence-electron chi connectivity index (χ4n) is 2.41. The summed E-state index contributed by atoms with van der Waals surface area (Å²) in [5.41, 5.74) is 4.06. The lowest BCUT2D eigenvalue weighted by molar-refractivity contribution is 0.104. The second-order valence-electron chi connectivity index (χ2n) is 5.73. The Bertz CT molecular complexity index is 927. The van der Waals surface area contributed by atoms with Crippen molar-refractivity contribution in [2.45, 2.75) is 13.5 Å². The van der Waals surface area contributed by atoms with Crippen LogP contribution in [0.5, 0.6) is 0 Å². The quantitative estimate of drug-likeness (QED) is 0.548. The van der Waals surface area contributed by atoms with Gasteiger partial charge in [0.05, 0.1) is 18.0 Å². The van der Waals surface area contributed by atoms with Crippen molar-refractivity contribution in [3.63, 3.8) is 0 Å². The maximum atomic E-state index is 13.3. The van der Waals surface area contributed by atoms with Crippen LogP contribution in [-0.2, 0) is 6.61 Å². The van der Waals surface area contributed by atoms with Crippen LogP contribution in [0.1, 0.15) is 27.2 Å². The number of carbonyl (C=O) groups excluding carboxylic acids is 1. The number of aromatic nitrogens is 2. The molecule has 0 radical (unpaired) electrons. The van der Waals surface area contributed by atoms with E-state index in [1.54, 1.807) is 13.0 Å². The van der Waals surface area contributed by atoms with Gasteiger partial charge in [-0.2, -0.15) is 5.10 Å². The molecule has 4 nitrogen and oxygen atoms in total. The standard InChI is InChI=1S/C20H17FN2O2/c1-13-10-16(6-8-18(13)21)20(25)9-7-17-11-19(23-22-17)15-4-2-14(12-24)3-5-15/h2-11,24H,12H2,1H3,(H,22,23)/b9-7+. The number of hydrogen-bond donors (Lipinski definition) is 2. The molecule has 0 atom stereocenters. The van der Waals surface area contributed by atoms with Gasteiger partial charge in [-0.05, 0) is 54.5 Å². The van der Waals surface area contributed by atoms with Crippen LogP contribution in [0, 0.1) is 12.7 Å². The number of carbonyl (C=O) groups is 1. The van der Waals surface area contributed by atoms with E-state index in [9.17, 15) is 9.18 Å². The number of aliphatic hydroxyl groups excluding tert-OH is 1. The first-order chi connectivity index (χ1) is 12.1. The van der Waals surface area contributed by atoms with Crippen LogP contribution in [0.2, 0.25) is 0 Å². The van der Waals surface area contributed by atoms with Crippen LogP contribution in [0.3, 0.4) is 0 Å². The number of aliphatic hydroxyl groups is 1. The molecular weight excluding hydrogens is 319 g/mol. The second-order valence-corrected chi connectivity index (χ2v) is 5.73. The zero-order chi connectivity index (χ0) is 17.8. The highest BCUT2D eigenvalue weighted by Gasteiger charge is 2.06. The van der Waals surface area contributed by atoms with E-state index < -0.39 is 0 Å². The van der Waals surface area contributed by atoms with E-state index in [-0.39, 0.29) is 18.2 Å². The molecule has 2 aromatic carbocycles. The molecule has 0 saturated carbocycles. The van der Waals surface area contributed by atoms with Crippen molar-refractivity contribution in [2.75, 3.05) is 0 Å². The number of nitrogens with zero attached hydrogens (tertiary/aromatic N) is 1. The van der Waals surface area contributed by atoms with Gasteiger partial charge in [-0.15, -0.1) is 0 Å². The van der Waals surface area contributed by atoms with Crippen molar-refractivity contribution in [1.82, 2.24) is 10.2 Å². The molecule has 0 fully saturated rings. The summed E-state index contributed by atoms with van der Waals surface area (Å²) in [6.07, 6.45) is 3.07. The molecule has 0 saturated heterocycles. The van der Waals surface area contributed by atoms with E-state index in [2.05, 4.69) is 10.2 Å². The Hall–Kier alpha value is -3.05.